The first-order valence-electron chi connectivity index (χ1n) is 7.53. The molecule has 1 heterocycles. The Labute approximate surface area is 127 Å². The van der Waals surface area contributed by atoms with Crippen molar-refractivity contribution < 1.29 is 4.68 Å². The molecule has 1 aromatic heterocycles. The van der Waals surface area contributed by atoms with Gasteiger partial charge in [-0.15, -0.1) is 4.68 Å². The van der Waals surface area contributed by atoms with Crippen LogP contribution >= 0.6 is 0 Å². The zero-order valence-corrected chi connectivity index (χ0v) is 13.4. The smallest absolute Gasteiger partial charge is 0.307 e. The Balaban J connectivity index is 2.25. The largest absolute Gasteiger partial charge is 0.399 e. The third-order valence-corrected chi connectivity index (χ3v) is 4.13. The standard InChI is InChI=1S/C17H25N4/c1-5-17(4,10-14-6-8-15(18)9-7-14)16-11-20-21(12-19-16)13(2)3/h6-9,11-13H,5,10,18H2,1-4H3/q+1. The van der Waals surface area contributed by atoms with Crippen LogP contribution in [0, 0.1) is 0 Å². The van der Waals surface area contributed by atoms with Crippen molar-refractivity contribution in [1.82, 2.24) is 10.1 Å². The monoisotopic (exact) mass is 285 g/mol. The Morgan fingerprint density at radius 3 is 2.38 bits per heavy atom. The van der Waals surface area contributed by atoms with Crippen LogP contribution in [0.4, 0.5) is 5.69 Å². The Morgan fingerprint density at radius 2 is 1.90 bits per heavy atom. The van der Waals surface area contributed by atoms with E-state index >= 15 is 0 Å². The van der Waals surface area contributed by atoms with Crippen LogP contribution in [0.15, 0.2) is 36.8 Å². The molecule has 0 aliphatic carbocycles. The Hall–Kier alpha value is -1.97. The maximum atomic E-state index is 5.75. The Morgan fingerprint density at radius 1 is 1.24 bits per heavy atom. The molecule has 1 unspecified atom stereocenters. The topological polar surface area (TPSA) is 55.7 Å². The number of benzene rings is 1. The van der Waals surface area contributed by atoms with E-state index in [-0.39, 0.29) is 5.41 Å². The molecule has 2 N–H and O–H groups in total. The van der Waals surface area contributed by atoms with Gasteiger partial charge in [0.15, 0.2) is 5.69 Å². The second-order valence-electron chi connectivity index (χ2n) is 6.18. The quantitative estimate of drug-likeness (QED) is 0.679. The predicted molar refractivity (Wildman–Crippen MR) is 84.8 cm³/mol. The van der Waals surface area contributed by atoms with E-state index < -0.39 is 0 Å². The van der Waals surface area contributed by atoms with E-state index in [1.807, 2.05) is 29.3 Å². The second kappa shape index (κ2) is 6.20. The highest BCUT2D eigenvalue weighted by molar-refractivity contribution is 5.40. The first-order valence-corrected chi connectivity index (χ1v) is 7.53. The predicted octanol–water partition coefficient (Wildman–Crippen LogP) is 2.84. The number of hydrogen-bond acceptors (Lipinski definition) is 3. The van der Waals surface area contributed by atoms with Crippen molar-refractivity contribution in [1.29, 1.82) is 0 Å². The Kier molecular flexibility index (Phi) is 4.56. The molecule has 1 atom stereocenters. The van der Waals surface area contributed by atoms with Gasteiger partial charge in [0.25, 0.3) is 0 Å². The van der Waals surface area contributed by atoms with Crippen LogP contribution in [0.1, 0.15) is 51.4 Å². The molecule has 0 bridgehead atoms. The summed E-state index contributed by atoms with van der Waals surface area (Å²) in [6.45, 7) is 8.64. The number of rotatable bonds is 5. The maximum Gasteiger partial charge on any atom is 0.307 e. The number of nitrogen functional groups attached to an aromatic ring is 1. The molecule has 2 aromatic rings. The molecule has 0 aliphatic rings. The fourth-order valence-electron chi connectivity index (χ4n) is 2.37. The molecule has 0 spiro atoms. The summed E-state index contributed by atoms with van der Waals surface area (Å²) in [6, 6.07) is 8.42. The number of aromatic nitrogens is 3. The molecule has 0 amide bonds. The van der Waals surface area contributed by atoms with Crippen LogP contribution in [0.5, 0.6) is 0 Å². The van der Waals surface area contributed by atoms with Gasteiger partial charge in [0.1, 0.15) is 12.2 Å². The third kappa shape index (κ3) is 3.57. The van der Waals surface area contributed by atoms with Crippen molar-refractivity contribution in [2.24, 2.45) is 0 Å². The lowest BCUT2D eigenvalue weighted by Crippen LogP contribution is -2.41. The molecule has 21 heavy (non-hydrogen) atoms. The molecule has 0 radical (unpaired) electrons. The molecular weight excluding hydrogens is 260 g/mol. The van der Waals surface area contributed by atoms with Crippen molar-refractivity contribution in [2.45, 2.75) is 52.0 Å². The van der Waals surface area contributed by atoms with Crippen LogP contribution in [-0.4, -0.2) is 10.1 Å². The average molecular weight is 285 g/mol. The molecule has 2 rings (SSSR count). The summed E-state index contributed by atoms with van der Waals surface area (Å²) in [5, 5.41) is 4.48. The van der Waals surface area contributed by atoms with E-state index in [1.54, 1.807) is 0 Å². The van der Waals surface area contributed by atoms with Crippen LogP contribution in [-0.2, 0) is 11.8 Å². The molecule has 112 valence electrons. The van der Waals surface area contributed by atoms with E-state index in [2.05, 4.69) is 49.9 Å². The van der Waals surface area contributed by atoms with Gasteiger partial charge in [-0.1, -0.05) is 31.1 Å². The Bertz CT molecular complexity index is 575. The second-order valence-corrected chi connectivity index (χ2v) is 6.18. The van der Waals surface area contributed by atoms with Crippen LogP contribution in [0.2, 0.25) is 0 Å². The fraction of sp³-hybridized carbons (Fsp3) is 0.471. The van der Waals surface area contributed by atoms with Crippen molar-refractivity contribution >= 4 is 5.69 Å². The van der Waals surface area contributed by atoms with E-state index in [1.165, 1.54) is 5.56 Å². The zero-order valence-electron chi connectivity index (χ0n) is 13.4. The lowest BCUT2D eigenvalue weighted by atomic mass is 9.78. The number of nitrogens with two attached hydrogens (primary N) is 1. The highest BCUT2D eigenvalue weighted by atomic mass is 15.3. The minimum Gasteiger partial charge on any atom is -0.399 e. The van der Waals surface area contributed by atoms with Crippen molar-refractivity contribution in [3.05, 3.63) is 48.0 Å². The summed E-state index contributed by atoms with van der Waals surface area (Å²) in [5.74, 6) is 0. The van der Waals surface area contributed by atoms with Gasteiger partial charge in [-0.05, 0) is 49.4 Å². The van der Waals surface area contributed by atoms with Gasteiger partial charge >= 0.3 is 6.33 Å². The van der Waals surface area contributed by atoms with Crippen LogP contribution in [0.25, 0.3) is 0 Å². The van der Waals surface area contributed by atoms with Gasteiger partial charge in [-0.3, -0.25) is 0 Å². The molecule has 0 fully saturated rings. The summed E-state index contributed by atoms with van der Waals surface area (Å²) in [5.41, 5.74) is 8.85. The fourth-order valence-corrected chi connectivity index (χ4v) is 2.37. The molecule has 4 nitrogen and oxygen atoms in total. The number of hydrogen-bond donors (Lipinski definition) is 1. The SMILES string of the molecule is CCC(C)(Cc1ccc(N)cc1)c1cn[n+](C(C)C)cn1. The minimum atomic E-state index is -0.0147. The van der Waals surface area contributed by atoms with E-state index in [4.69, 9.17) is 5.73 Å². The zero-order chi connectivity index (χ0) is 15.5. The third-order valence-electron chi connectivity index (χ3n) is 4.13. The summed E-state index contributed by atoms with van der Waals surface area (Å²) < 4.78 is 1.88. The van der Waals surface area contributed by atoms with E-state index in [0.717, 1.165) is 24.2 Å². The molecule has 1 aromatic carbocycles. The van der Waals surface area contributed by atoms with Gasteiger partial charge in [-0.25, -0.2) is 0 Å². The van der Waals surface area contributed by atoms with Crippen molar-refractivity contribution in [3.63, 3.8) is 0 Å². The molecule has 0 aliphatic heterocycles. The summed E-state index contributed by atoms with van der Waals surface area (Å²) in [7, 11) is 0. The van der Waals surface area contributed by atoms with Crippen LogP contribution in [0.3, 0.4) is 0 Å². The average Bonchev–Trinajstić information content (AvgIpc) is 2.49. The molecular formula is C17H25N4+. The van der Waals surface area contributed by atoms with Gasteiger partial charge in [0.2, 0.25) is 0 Å². The van der Waals surface area contributed by atoms with Crippen LogP contribution < -0.4 is 10.4 Å². The summed E-state index contributed by atoms with van der Waals surface area (Å²) in [6.07, 6.45) is 5.68. The number of anilines is 1. The van der Waals surface area contributed by atoms with E-state index in [9.17, 15) is 0 Å². The lowest BCUT2D eigenvalue weighted by molar-refractivity contribution is -0.774. The molecule has 0 saturated heterocycles. The molecule has 4 heteroatoms. The van der Waals surface area contributed by atoms with Crippen molar-refractivity contribution in [3.8, 4) is 0 Å². The van der Waals surface area contributed by atoms with Gasteiger partial charge in [-0.2, -0.15) is 0 Å². The van der Waals surface area contributed by atoms with Gasteiger partial charge in [0.05, 0.1) is 0 Å². The minimum absolute atomic E-state index is 0.0147. The summed E-state index contributed by atoms with van der Waals surface area (Å²) >= 11 is 0. The lowest BCUT2D eigenvalue weighted by Gasteiger charge is -2.24. The molecule has 0 saturated carbocycles. The first kappa shape index (κ1) is 15.4. The first-order chi connectivity index (χ1) is 9.94. The summed E-state index contributed by atoms with van der Waals surface area (Å²) in [4.78, 5) is 4.63. The van der Waals surface area contributed by atoms with Gasteiger partial charge in [0, 0.05) is 11.1 Å². The number of nitrogens with zero attached hydrogens (tertiary/aromatic N) is 3. The normalized spacial score (nSPS) is 14.1. The highest BCUT2D eigenvalue weighted by Gasteiger charge is 2.31. The van der Waals surface area contributed by atoms with Crippen molar-refractivity contribution in [2.75, 3.05) is 5.73 Å². The maximum absolute atomic E-state index is 5.75. The highest BCUT2D eigenvalue weighted by Crippen LogP contribution is 2.29. The van der Waals surface area contributed by atoms with Gasteiger partial charge < -0.3 is 5.73 Å². The van der Waals surface area contributed by atoms with E-state index in [0.29, 0.717) is 6.04 Å².